The molecule has 0 saturated carbocycles. The summed E-state index contributed by atoms with van der Waals surface area (Å²) in [5, 5.41) is 14.3. The Bertz CT molecular complexity index is 1560. The Morgan fingerprint density at radius 2 is 1.68 bits per heavy atom. The van der Waals surface area contributed by atoms with Gasteiger partial charge in [0.25, 0.3) is 0 Å². The number of nitrogens with zero attached hydrogens (tertiary/aromatic N) is 2. The SMILES string of the molecule is COc1c(-c2ccc(C(F)(F)F)cc2C)ccc2c1cnn2[C@@H](CC(C)C)c1ccc(C(=O)CCCC(=O)O)cc1. The second-order valence-electron chi connectivity index (χ2n) is 10.6. The highest BCUT2D eigenvalue weighted by atomic mass is 19.4. The Morgan fingerprint density at radius 3 is 2.27 bits per heavy atom. The van der Waals surface area contributed by atoms with E-state index < -0.39 is 17.7 Å². The van der Waals surface area contributed by atoms with Crippen molar-refractivity contribution >= 4 is 22.7 Å². The van der Waals surface area contributed by atoms with Crippen LogP contribution in [0.25, 0.3) is 22.0 Å². The average molecular weight is 567 g/mol. The van der Waals surface area contributed by atoms with E-state index >= 15 is 0 Å². The van der Waals surface area contributed by atoms with Gasteiger partial charge in [0.15, 0.2) is 5.78 Å². The van der Waals surface area contributed by atoms with Gasteiger partial charge in [0.1, 0.15) is 5.75 Å². The molecular weight excluding hydrogens is 533 g/mol. The van der Waals surface area contributed by atoms with E-state index in [0.717, 1.165) is 35.0 Å². The maximum Gasteiger partial charge on any atom is 0.416 e. The van der Waals surface area contributed by atoms with Gasteiger partial charge in [-0.15, -0.1) is 0 Å². The molecule has 0 bridgehead atoms. The van der Waals surface area contributed by atoms with Crippen LogP contribution < -0.4 is 4.74 Å². The zero-order chi connectivity index (χ0) is 29.9. The summed E-state index contributed by atoms with van der Waals surface area (Å²) in [5.74, 6) is -0.164. The van der Waals surface area contributed by atoms with Crippen molar-refractivity contribution < 1.29 is 32.6 Å². The van der Waals surface area contributed by atoms with Crippen LogP contribution in [0.5, 0.6) is 5.75 Å². The molecule has 1 aromatic heterocycles. The van der Waals surface area contributed by atoms with Crippen molar-refractivity contribution in [1.82, 2.24) is 9.78 Å². The second kappa shape index (κ2) is 12.2. The molecule has 3 aromatic carbocycles. The Morgan fingerprint density at radius 1 is 1.00 bits per heavy atom. The van der Waals surface area contributed by atoms with Crippen LogP contribution >= 0.6 is 0 Å². The molecule has 0 amide bonds. The lowest BCUT2D eigenvalue weighted by molar-refractivity contribution is -0.138. The number of carboxylic acids is 1. The quantitative estimate of drug-likeness (QED) is 0.186. The van der Waals surface area contributed by atoms with E-state index in [0.29, 0.717) is 40.3 Å². The molecule has 0 fully saturated rings. The van der Waals surface area contributed by atoms with Gasteiger partial charge >= 0.3 is 12.1 Å². The highest BCUT2D eigenvalue weighted by molar-refractivity contribution is 5.96. The second-order valence-corrected chi connectivity index (χ2v) is 10.6. The molecule has 0 aliphatic heterocycles. The first-order chi connectivity index (χ1) is 19.4. The predicted molar refractivity (Wildman–Crippen MR) is 151 cm³/mol. The van der Waals surface area contributed by atoms with Crippen molar-refractivity contribution in [3.63, 3.8) is 0 Å². The number of carbonyl (C=O) groups is 2. The third-order valence-electron chi connectivity index (χ3n) is 7.18. The fraction of sp³-hybridized carbons (Fsp3) is 0.344. The largest absolute Gasteiger partial charge is 0.495 e. The predicted octanol–water partition coefficient (Wildman–Crippen LogP) is 8.11. The van der Waals surface area contributed by atoms with Gasteiger partial charge in [-0.05, 0) is 66.6 Å². The number of aromatic nitrogens is 2. The molecule has 1 atom stereocenters. The minimum Gasteiger partial charge on any atom is -0.495 e. The molecule has 0 unspecified atom stereocenters. The lowest BCUT2D eigenvalue weighted by Gasteiger charge is -2.22. The van der Waals surface area contributed by atoms with Crippen molar-refractivity contribution in [3.05, 3.63) is 83.0 Å². The first kappa shape index (κ1) is 29.8. The maximum absolute atomic E-state index is 13.2. The van der Waals surface area contributed by atoms with Gasteiger partial charge in [-0.3, -0.25) is 14.3 Å². The highest BCUT2D eigenvalue weighted by Crippen LogP contribution is 2.41. The fourth-order valence-corrected chi connectivity index (χ4v) is 5.18. The van der Waals surface area contributed by atoms with E-state index in [1.165, 1.54) is 13.2 Å². The number of rotatable bonds is 11. The molecule has 0 aliphatic rings. The van der Waals surface area contributed by atoms with Crippen LogP contribution in [0.4, 0.5) is 13.2 Å². The molecule has 216 valence electrons. The number of ether oxygens (including phenoxy) is 1. The summed E-state index contributed by atoms with van der Waals surface area (Å²) in [6.45, 7) is 5.88. The van der Waals surface area contributed by atoms with E-state index in [1.807, 2.05) is 28.9 Å². The van der Waals surface area contributed by atoms with E-state index in [4.69, 9.17) is 14.9 Å². The maximum atomic E-state index is 13.2. The van der Waals surface area contributed by atoms with Gasteiger partial charge in [-0.2, -0.15) is 18.3 Å². The van der Waals surface area contributed by atoms with Gasteiger partial charge in [0, 0.05) is 24.0 Å². The minimum absolute atomic E-state index is 0.0454. The number of hydrogen-bond donors (Lipinski definition) is 1. The van der Waals surface area contributed by atoms with Crippen LogP contribution in [0.2, 0.25) is 0 Å². The number of ketones is 1. The summed E-state index contributed by atoms with van der Waals surface area (Å²) in [4.78, 5) is 23.3. The first-order valence-electron chi connectivity index (χ1n) is 13.5. The number of halogens is 3. The molecule has 9 heteroatoms. The summed E-state index contributed by atoms with van der Waals surface area (Å²) in [5.41, 5.74) is 3.42. The van der Waals surface area contributed by atoms with E-state index in [1.54, 1.807) is 25.3 Å². The number of fused-ring (bicyclic) bond motifs is 1. The number of alkyl halides is 3. The van der Waals surface area contributed by atoms with Gasteiger partial charge in [-0.1, -0.05) is 44.2 Å². The van der Waals surface area contributed by atoms with Crippen molar-refractivity contribution in [2.75, 3.05) is 7.11 Å². The molecule has 6 nitrogen and oxygen atoms in total. The summed E-state index contributed by atoms with van der Waals surface area (Å²) in [6, 6.07) is 14.6. The van der Waals surface area contributed by atoms with Crippen molar-refractivity contribution in [1.29, 1.82) is 0 Å². The fourth-order valence-electron chi connectivity index (χ4n) is 5.18. The van der Waals surface area contributed by atoms with E-state index in [-0.39, 0.29) is 24.7 Å². The summed E-state index contributed by atoms with van der Waals surface area (Å²) >= 11 is 0. The van der Waals surface area contributed by atoms with Gasteiger partial charge < -0.3 is 9.84 Å². The van der Waals surface area contributed by atoms with Crippen molar-refractivity contribution in [2.24, 2.45) is 5.92 Å². The molecular formula is C32H33F3N2O4. The number of carboxylic acid groups (broad SMARTS) is 1. The Balaban J connectivity index is 1.70. The summed E-state index contributed by atoms with van der Waals surface area (Å²) in [7, 11) is 1.53. The zero-order valence-electron chi connectivity index (χ0n) is 23.5. The molecule has 4 rings (SSSR count). The van der Waals surface area contributed by atoms with Crippen molar-refractivity contribution in [3.8, 4) is 16.9 Å². The standard InChI is InChI=1S/C32H33F3N2O4/c1-19(2)16-28(21-8-10-22(11-9-21)29(38)6-5-7-30(39)40)37-27-15-14-25(31(41-4)26(27)18-36-37)24-13-12-23(17-20(24)3)32(33,34)35/h8-15,17-19,28H,5-7,16H2,1-4H3,(H,39,40)/t28-/m0/s1. The van der Waals surface area contributed by atoms with Crippen molar-refractivity contribution in [2.45, 2.75) is 58.7 Å². The third kappa shape index (κ3) is 6.61. The van der Waals surface area contributed by atoms with Gasteiger partial charge in [0.2, 0.25) is 0 Å². The number of aryl methyl sites for hydroxylation is 1. The molecule has 0 aliphatic carbocycles. The average Bonchev–Trinajstić information content (AvgIpc) is 3.34. The first-order valence-corrected chi connectivity index (χ1v) is 13.5. The molecule has 1 heterocycles. The Labute approximate surface area is 236 Å². The molecule has 41 heavy (non-hydrogen) atoms. The number of methoxy groups -OCH3 is 1. The summed E-state index contributed by atoms with van der Waals surface area (Å²) in [6.07, 6.45) is -1.52. The number of carbonyl (C=O) groups excluding carboxylic acids is 1. The number of aliphatic carboxylic acids is 1. The van der Waals surface area contributed by atoms with Crippen LogP contribution in [0, 0.1) is 12.8 Å². The molecule has 4 aromatic rings. The monoisotopic (exact) mass is 566 g/mol. The number of Topliss-reactive ketones (excluding diaryl/α,β-unsaturated/α-hetero) is 1. The summed E-state index contributed by atoms with van der Waals surface area (Å²) < 4.78 is 47.4. The van der Waals surface area contributed by atoms with Gasteiger partial charge in [0.05, 0.1) is 35.8 Å². The van der Waals surface area contributed by atoms with Crippen LogP contribution in [0.3, 0.4) is 0 Å². The van der Waals surface area contributed by atoms with Crippen LogP contribution in [0.1, 0.15) is 72.6 Å². The normalized spacial score (nSPS) is 12.6. The highest BCUT2D eigenvalue weighted by Gasteiger charge is 2.31. The van der Waals surface area contributed by atoms with Crippen LogP contribution in [0.15, 0.2) is 60.8 Å². The van der Waals surface area contributed by atoms with E-state index in [2.05, 4.69) is 13.8 Å². The lowest BCUT2D eigenvalue weighted by Crippen LogP contribution is -2.15. The van der Waals surface area contributed by atoms with Crippen LogP contribution in [-0.2, 0) is 11.0 Å². The molecule has 0 radical (unpaired) electrons. The number of hydrogen-bond acceptors (Lipinski definition) is 4. The number of benzene rings is 3. The van der Waals surface area contributed by atoms with E-state index in [9.17, 15) is 22.8 Å². The Kier molecular flexibility index (Phi) is 8.85. The lowest BCUT2D eigenvalue weighted by atomic mass is 9.94. The zero-order valence-corrected chi connectivity index (χ0v) is 23.5. The molecule has 0 spiro atoms. The van der Waals surface area contributed by atoms with Gasteiger partial charge in [-0.25, -0.2) is 0 Å². The topological polar surface area (TPSA) is 81.4 Å². The molecule has 1 N–H and O–H groups in total. The smallest absolute Gasteiger partial charge is 0.416 e. The third-order valence-corrected chi connectivity index (χ3v) is 7.18. The molecule has 0 saturated heterocycles. The van der Waals surface area contributed by atoms with Crippen LogP contribution in [-0.4, -0.2) is 33.7 Å². The Hall–Kier alpha value is -4.14. The minimum atomic E-state index is -4.42.